The average Bonchev–Trinajstić information content (AvgIpc) is 1.96. The second-order valence-electron chi connectivity index (χ2n) is 3.60. The molecule has 0 fully saturated rings. The zero-order chi connectivity index (χ0) is 9.56. The zero-order valence-electron chi connectivity index (χ0n) is 7.92. The number of nitrogens with two attached hydrogens (primary N) is 1. The molecule has 0 aliphatic heterocycles. The van der Waals surface area contributed by atoms with Crippen molar-refractivity contribution >= 4 is 5.97 Å². The van der Waals surface area contributed by atoms with Crippen molar-refractivity contribution in [3.8, 4) is 0 Å². The Kier molecular flexibility index (Phi) is 5.72. The lowest BCUT2D eigenvalue weighted by molar-refractivity contribution is -0.141. The highest BCUT2D eigenvalue weighted by Crippen LogP contribution is 2.11. The highest BCUT2D eigenvalue weighted by atomic mass is 16.4. The molecular weight excluding hydrogens is 154 g/mol. The highest BCUT2D eigenvalue weighted by molar-refractivity contribution is 5.70. The monoisotopic (exact) mass is 173 g/mol. The van der Waals surface area contributed by atoms with Gasteiger partial charge in [-0.3, -0.25) is 4.79 Å². The van der Waals surface area contributed by atoms with Crippen molar-refractivity contribution in [1.29, 1.82) is 0 Å². The lowest BCUT2D eigenvalue weighted by Gasteiger charge is -2.09. The Morgan fingerprint density at radius 1 is 1.42 bits per heavy atom. The van der Waals surface area contributed by atoms with Gasteiger partial charge in [-0.25, -0.2) is 0 Å². The Morgan fingerprint density at radius 3 is 2.33 bits per heavy atom. The van der Waals surface area contributed by atoms with E-state index in [0.29, 0.717) is 12.3 Å². The Labute approximate surface area is 74.0 Å². The SMILES string of the molecule is CC(C)CCCC(CN)C(=O)O. The van der Waals surface area contributed by atoms with E-state index >= 15 is 0 Å². The number of carboxylic acid groups (broad SMARTS) is 1. The van der Waals surface area contributed by atoms with Crippen molar-refractivity contribution in [2.75, 3.05) is 6.54 Å². The van der Waals surface area contributed by atoms with Crippen molar-refractivity contribution in [2.24, 2.45) is 17.6 Å². The first-order chi connectivity index (χ1) is 5.57. The molecule has 0 aromatic carbocycles. The zero-order valence-corrected chi connectivity index (χ0v) is 7.92. The van der Waals surface area contributed by atoms with Crippen molar-refractivity contribution in [1.82, 2.24) is 0 Å². The van der Waals surface area contributed by atoms with Gasteiger partial charge in [0.2, 0.25) is 0 Å². The van der Waals surface area contributed by atoms with Crippen LogP contribution in [0.5, 0.6) is 0 Å². The predicted octanol–water partition coefficient (Wildman–Crippen LogP) is 1.47. The second-order valence-corrected chi connectivity index (χ2v) is 3.60. The summed E-state index contributed by atoms with van der Waals surface area (Å²) in [7, 11) is 0. The van der Waals surface area contributed by atoms with Crippen molar-refractivity contribution in [3.05, 3.63) is 0 Å². The van der Waals surface area contributed by atoms with E-state index in [-0.39, 0.29) is 12.5 Å². The van der Waals surface area contributed by atoms with Crippen LogP contribution in [0.25, 0.3) is 0 Å². The van der Waals surface area contributed by atoms with E-state index in [1.54, 1.807) is 0 Å². The average molecular weight is 173 g/mol. The summed E-state index contributed by atoms with van der Waals surface area (Å²) >= 11 is 0. The molecule has 0 aliphatic carbocycles. The van der Waals surface area contributed by atoms with E-state index in [1.165, 1.54) is 0 Å². The van der Waals surface area contributed by atoms with Crippen molar-refractivity contribution in [3.63, 3.8) is 0 Å². The molecule has 0 saturated heterocycles. The van der Waals surface area contributed by atoms with Crippen LogP contribution < -0.4 is 5.73 Å². The quantitative estimate of drug-likeness (QED) is 0.639. The molecule has 3 N–H and O–H groups in total. The highest BCUT2D eigenvalue weighted by Gasteiger charge is 2.14. The maximum absolute atomic E-state index is 10.5. The molecule has 0 heterocycles. The van der Waals surface area contributed by atoms with Gasteiger partial charge in [-0.1, -0.05) is 26.7 Å². The summed E-state index contributed by atoms with van der Waals surface area (Å²) in [5.41, 5.74) is 5.31. The van der Waals surface area contributed by atoms with Crippen LogP contribution in [-0.4, -0.2) is 17.6 Å². The molecule has 0 rings (SSSR count). The van der Waals surface area contributed by atoms with Crippen LogP contribution in [0.2, 0.25) is 0 Å². The standard InChI is InChI=1S/C9H19NO2/c1-7(2)4-3-5-8(6-10)9(11)12/h7-8H,3-6,10H2,1-2H3,(H,11,12). The number of hydrogen-bond donors (Lipinski definition) is 2. The molecule has 1 unspecified atom stereocenters. The summed E-state index contributed by atoms with van der Waals surface area (Å²) in [5.74, 6) is -0.456. The van der Waals surface area contributed by atoms with E-state index < -0.39 is 5.97 Å². The third-order valence-corrected chi connectivity index (χ3v) is 1.97. The van der Waals surface area contributed by atoms with Crippen LogP contribution in [0, 0.1) is 11.8 Å². The predicted molar refractivity (Wildman–Crippen MR) is 48.9 cm³/mol. The summed E-state index contributed by atoms with van der Waals surface area (Å²) in [4.78, 5) is 10.5. The van der Waals surface area contributed by atoms with Crippen LogP contribution in [0.1, 0.15) is 33.1 Å². The first kappa shape index (κ1) is 11.4. The normalized spacial score (nSPS) is 13.3. The maximum atomic E-state index is 10.5. The van der Waals surface area contributed by atoms with Gasteiger partial charge >= 0.3 is 5.97 Å². The summed E-state index contributed by atoms with van der Waals surface area (Å²) < 4.78 is 0. The molecule has 0 aromatic rings. The largest absolute Gasteiger partial charge is 0.481 e. The van der Waals surface area contributed by atoms with Gasteiger partial charge in [0, 0.05) is 6.54 Å². The van der Waals surface area contributed by atoms with Gasteiger partial charge in [0.25, 0.3) is 0 Å². The number of hydrogen-bond acceptors (Lipinski definition) is 2. The van der Waals surface area contributed by atoms with Crippen LogP contribution >= 0.6 is 0 Å². The van der Waals surface area contributed by atoms with Crippen molar-refractivity contribution < 1.29 is 9.90 Å². The summed E-state index contributed by atoms with van der Waals surface area (Å²) in [6, 6.07) is 0. The first-order valence-corrected chi connectivity index (χ1v) is 4.50. The molecule has 12 heavy (non-hydrogen) atoms. The minimum absolute atomic E-state index is 0.257. The van der Waals surface area contributed by atoms with E-state index in [9.17, 15) is 4.79 Å². The molecule has 0 radical (unpaired) electrons. The Bertz CT molecular complexity index is 134. The van der Waals surface area contributed by atoms with Gasteiger partial charge in [-0.2, -0.15) is 0 Å². The van der Waals surface area contributed by atoms with Gasteiger partial charge in [0.15, 0.2) is 0 Å². The molecule has 0 aromatic heterocycles. The minimum Gasteiger partial charge on any atom is -0.481 e. The maximum Gasteiger partial charge on any atom is 0.307 e. The van der Waals surface area contributed by atoms with Crippen LogP contribution in [0.3, 0.4) is 0 Å². The van der Waals surface area contributed by atoms with Gasteiger partial charge in [-0.15, -0.1) is 0 Å². The fourth-order valence-electron chi connectivity index (χ4n) is 1.11. The Morgan fingerprint density at radius 2 is 2.00 bits per heavy atom. The van der Waals surface area contributed by atoms with Crippen LogP contribution in [-0.2, 0) is 4.79 Å². The number of carboxylic acids is 1. The topological polar surface area (TPSA) is 63.3 Å². The molecular formula is C9H19NO2. The lowest BCUT2D eigenvalue weighted by Crippen LogP contribution is -2.23. The number of rotatable bonds is 6. The Hall–Kier alpha value is -0.570. The molecule has 3 heteroatoms. The second kappa shape index (κ2) is 6.00. The van der Waals surface area contributed by atoms with Gasteiger partial charge in [-0.05, 0) is 12.3 Å². The van der Waals surface area contributed by atoms with Crippen LogP contribution in [0.4, 0.5) is 0 Å². The summed E-state index contributed by atoms with van der Waals surface area (Å²) in [6.45, 7) is 4.53. The summed E-state index contributed by atoms with van der Waals surface area (Å²) in [6.07, 6.45) is 2.76. The molecule has 0 spiro atoms. The molecule has 72 valence electrons. The van der Waals surface area contributed by atoms with E-state index in [0.717, 1.165) is 12.8 Å². The lowest BCUT2D eigenvalue weighted by atomic mass is 9.99. The molecule has 0 bridgehead atoms. The Balaban J connectivity index is 3.52. The van der Waals surface area contributed by atoms with Crippen LogP contribution in [0.15, 0.2) is 0 Å². The summed E-state index contributed by atoms with van der Waals surface area (Å²) in [5, 5.41) is 8.66. The smallest absolute Gasteiger partial charge is 0.307 e. The fourth-order valence-corrected chi connectivity index (χ4v) is 1.11. The van der Waals surface area contributed by atoms with Gasteiger partial charge in [0.05, 0.1) is 5.92 Å². The molecule has 0 aliphatic rings. The van der Waals surface area contributed by atoms with E-state index in [1.807, 2.05) is 0 Å². The number of carbonyl (C=O) groups is 1. The fraction of sp³-hybridized carbons (Fsp3) is 0.889. The van der Waals surface area contributed by atoms with E-state index in [4.69, 9.17) is 10.8 Å². The molecule has 1 atom stereocenters. The van der Waals surface area contributed by atoms with E-state index in [2.05, 4.69) is 13.8 Å². The number of aliphatic carboxylic acids is 1. The van der Waals surface area contributed by atoms with Crippen molar-refractivity contribution in [2.45, 2.75) is 33.1 Å². The molecule has 0 saturated carbocycles. The third-order valence-electron chi connectivity index (χ3n) is 1.97. The first-order valence-electron chi connectivity index (χ1n) is 4.50. The molecule has 0 amide bonds. The third kappa shape index (κ3) is 5.13. The minimum atomic E-state index is -0.763. The van der Waals surface area contributed by atoms with Gasteiger partial charge < -0.3 is 10.8 Å². The molecule has 3 nitrogen and oxygen atoms in total. The van der Waals surface area contributed by atoms with Gasteiger partial charge in [0.1, 0.15) is 0 Å².